The van der Waals surface area contributed by atoms with Crippen LogP contribution in [-0.2, 0) is 11.2 Å². The van der Waals surface area contributed by atoms with Crippen LogP contribution in [0.1, 0.15) is 53.3 Å². The fourth-order valence-corrected chi connectivity index (χ4v) is 3.22. The van der Waals surface area contributed by atoms with Gasteiger partial charge < -0.3 is 9.84 Å². The quantitative estimate of drug-likeness (QED) is 0.850. The van der Waals surface area contributed by atoms with Crippen molar-refractivity contribution in [2.75, 3.05) is 13.2 Å². The largest absolute Gasteiger partial charge is 0.388 e. The molecule has 0 bridgehead atoms. The highest BCUT2D eigenvalue weighted by molar-refractivity contribution is 5.98. The van der Waals surface area contributed by atoms with Gasteiger partial charge in [0.05, 0.1) is 6.10 Å². The molecule has 102 valence electrons. The van der Waals surface area contributed by atoms with Gasteiger partial charge in [-0.25, -0.2) is 0 Å². The number of fused-ring (bicyclic) bond motifs is 1. The van der Waals surface area contributed by atoms with E-state index in [1.807, 2.05) is 18.2 Å². The summed E-state index contributed by atoms with van der Waals surface area (Å²) in [6, 6.07) is 5.75. The predicted octanol–water partition coefficient (Wildman–Crippen LogP) is 2.67. The third kappa shape index (κ3) is 2.58. The highest BCUT2D eigenvalue weighted by Crippen LogP contribution is 2.34. The van der Waals surface area contributed by atoms with Crippen molar-refractivity contribution >= 4 is 5.78 Å². The first kappa shape index (κ1) is 12.8. The number of ketones is 1. The van der Waals surface area contributed by atoms with Gasteiger partial charge in [-0.15, -0.1) is 0 Å². The number of aliphatic hydroxyl groups excluding tert-OH is 1. The van der Waals surface area contributed by atoms with Gasteiger partial charge in [0.15, 0.2) is 5.78 Å². The summed E-state index contributed by atoms with van der Waals surface area (Å²) in [5, 5.41) is 9.88. The second-order valence-corrected chi connectivity index (χ2v) is 5.61. The molecule has 0 spiro atoms. The van der Waals surface area contributed by atoms with Gasteiger partial charge in [-0.1, -0.05) is 18.2 Å². The van der Waals surface area contributed by atoms with Gasteiger partial charge in [0, 0.05) is 25.2 Å². The first-order chi connectivity index (χ1) is 9.25. The molecule has 3 rings (SSSR count). The Morgan fingerprint density at radius 1 is 1.26 bits per heavy atom. The lowest BCUT2D eigenvalue weighted by atomic mass is 9.89. The normalized spacial score (nSPS) is 23.3. The second-order valence-electron chi connectivity index (χ2n) is 5.61. The summed E-state index contributed by atoms with van der Waals surface area (Å²) in [5.41, 5.74) is 2.87. The summed E-state index contributed by atoms with van der Waals surface area (Å²) in [4.78, 5) is 12.5. The number of ether oxygens (including phenoxy) is 1. The van der Waals surface area contributed by atoms with Crippen LogP contribution in [0.3, 0.4) is 0 Å². The van der Waals surface area contributed by atoms with Gasteiger partial charge in [0.2, 0.25) is 0 Å². The van der Waals surface area contributed by atoms with Gasteiger partial charge in [-0.05, 0) is 42.7 Å². The van der Waals surface area contributed by atoms with Gasteiger partial charge in [-0.3, -0.25) is 4.79 Å². The number of hydrogen-bond acceptors (Lipinski definition) is 3. The van der Waals surface area contributed by atoms with Crippen molar-refractivity contribution in [1.29, 1.82) is 0 Å². The molecule has 0 amide bonds. The number of carbonyl (C=O) groups is 1. The zero-order valence-corrected chi connectivity index (χ0v) is 11.1. The minimum atomic E-state index is -0.383. The van der Waals surface area contributed by atoms with Crippen molar-refractivity contribution < 1.29 is 14.6 Å². The number of aliphatic hydroxyl groups is 1. The molecule has 3 nitrogen and oxygen atoms in total. The van der Waals surface area contributed by atoms with E-state index in [9.17, 15) is 9.90 Å². The Kier molecular flexibility index (Phi) is 3.67. The van der Waals surface area contributed by atoms with Crippen LogP contribution in [0.4, 0.5) is 0 Å². The number of carbonyl (C=O) groups excluding carboxylic acids is 1. The molecule has 19 heavy (non-hydrogen) atoms. The summed E-state index contributed by atoms with van der Waals surface area (Å²) in [6.45, 7) is 1.56. The van der Waals surface area contributed by atoms with Gasteiger partial charge >= 0.3 is 0 Å². The molecule has 1 fully saturated rings. The Bertz CT molecular complexity index is 475. The molecule has 1 N–H and O–H groups in total. The SMILES string of the molecule is O=C(CC1CCOCC1)c1cccc2c1CC[C@@H]2O. The van der Waals surface area contributed by atoms with E-state index in [-0.39, 0.29) is 11.9 Å². The molecule has 1 saturated heterocycles. The molecule has 1 atom stereocenters. The van der Waals surface area contributed by atoms with Gasteiger partial charge in [0.1, 0.15) is 0 Å². The highest BCUT2D eigenvalue weighted by atomic mass is 16.5. The van der Waals surface area contributed by atoms with E-state index in [2.05, 4.69) is 0 Å². The van der Waals surface area contributed by atoms with Crippen LogP contribution < -0.4 is 0 Å². The van der Waals surface area contributed by atoms with Crippen molar-refractivity contribution in [3.8, 4) is 0 Å². The molecule has 0 saturated carbocycles. The lowest BCUT2D eigenvalue weighted by Gasteiger charge is -2.21. The lowest BCUT2D eigenvalue weighted by molar-refractivity contribution is 0.0601. The monoisotopic (exact) mass is 260 g/mol. The summed E-state index contributed by atoms with van der Waals surface area (Å²) >= 11 is 0. The van der Waals surface area contributed by atoms with E-state index < -0.39 is 0 Å². The molecule has 0 aromatic heterocycles. The first-order valence-electron chi connectivity index (χ1n) is 7.16. The van der Waals surface area contributed by atoms with Gasteiger partial charge in [-0.2, -0.15) is 0 Å². The standard InChI is InChI=1S/C16H20O3/c17-15-5-4-12-13(15)2-1-3-14(12)16(18)10-11-6-8-19-9-7-11/h1-3,11,15,17H,4-10H2/t15-/m0/s1. The van der Waals surface area contributed by atoms with E-state index in [0.717, 1.165) is 55.6 Å². The summed E-state index contributed by atoms with van der Waals surface area (Å²) in [5.74, 6) is 0.696. The Hall–Kier alpha value is -1.19. The van der Waals surface area contributed by atoms with Crippen molar-refractivity contribution in [1.82, 2.24) is 0 Å². The molecule has 0 radical (unpaired) electrons. The molecule has 0 unspecified atom stereocenters. The highest BCUT2D eigenvalue weighted by Gasteiger charge is 2.26. The molecule has 1 heterocycles. The summed E-state index contributed by atoms with van der Waals surface area (Å²) in [7, 11) is 0. The average molecular weight is 260 g/mol. The van der Waals surface area contributed by atoms with Crippen molar-refractivity contribution in [2.24, 2.45) is 5.92 Å². The van der Waals surface area contributed by atoms with Crippen LogP contribution in [0.25, 0.3) is 0 Å². The minimum Gasteiger partial charge on any atom is -0.388 e. The van der Waals surface area contributed by atoms with Crippen LogP contribution in [0.15, 0.2) is 18.2 Å². The number of Topliss-reactive ketones (excluding diaryl/α,β-unsaturated/α-hetero) is 1. The third-order valence-corrected chi connectivity index (χ3v) is 4.35. The van der Waals surface area contributed by atoms with Crippen LogP contribution in [0.5, 0.6) is 0 Å². The van der Waals surface area contributed by atoms with Crippen LogP contribution in [0, 0.1) is 5.92 Å². The van der Waals surface area contributed by atoms with Crippen molar-refractivity contribution in [3.05, 3.63) is 34.9 Å². The maximum Gasteiger partial charge on any atom is 0.163 e. The van der Waals surface area contributed by atoms with Gasteiger partial charge in [0.25, 0.3) is 0 Å². The Labute approximate surface area is 113 Å². The van der Waals surface area contributed by atoms with Crippen molar-refractivity contribution in [2.45, 2.75) is 38.2 Å². The van der Waals surface area contributed by atoms with E-state index in [4.69, 9.17) is 4.74 Å². The molecule has 1 aromatic rings. The Morgan fingerprint density at radius 3 is 2.84 bits per heavy atom. The number of hydrogen-bond donors (Lipinski definition) is 1. The summed E-state index contributed by atoms with van der Waals surface area (Å²) in [6.07, 6.45) is 3.79. The molecule has 1 aromatic carbocycles. The van der Waals surface area contributed by atoms with E-state index in [0.29, 0.717) is 12.3 Å². The van der Waals surface area contributed by atoms with Crippen molar-refractivity contribution in [3.63, 3.8) is 0 Å². The smallest absolute Gasteiger partial charge is 0.163 e. The second kappa shape index (κ2) is 5.43. The maximum absolute atomic E-state index is 12.5. The van der Waals surface area contributed by atoms with Crippen LogP contribution >= 0.6 is 0 Å². The topological polar surface area (TPSA) is 46.5 Å². The molecule has 3 heteroatoms. The van der Waals surface area contributed by atoms with Crippen LogP contribution in [0.2, 0.25) is 0 Å². The molecule has 1 aliphatic heterocycles. The zero-order chi connectivity index (χ0) is 13.2. The Balaban J connectivity index is 1.77. The third-order valence-electron chi connectivity index (χ3n) is 4.35. The zero-order valence-electron chi connectivity index (χ0n) is 11.1. The Morgan fingerprint density at radius 2 is 2.05 bits per heavy atom. The maximum atomic E-state index is 12.5. The fraction of sp³-hybridized carbons (Fsp3) is 0.562. The molecule has 1 aliphatic carbocycles. The van der Waals surface area contributed by atoms with Crippen LogP contribution in [-0.4, -0.2) is 24.1 Å². The first-order valence-corrected chi connectivity index (χ1v) is 7.16. The average Bonchev–Trinajstić information content (AvgIpc) is 2.82. The summed E-state index contributed by atoms with van der Waals surface area (Å²) < 4.78 is 5.33. The lowest BCUT2D eigenvalue weighted by Crippen LogP contribution is -2.19. The number of rotatable bonds is 3. The number of benzene rings is 1. The molecule has 2 aliphatic rings. The van der Waals surface area contributed by atoms with E-state index >= 15 is 0 Å². The molecular formula is C16H20O3. The van der Waals surface area contributed by atoms with E-state index in [1.165, 1.54) is 0 Å². The fourth-order valence-electron chi connectivity index (χ4n) is 3.22. The predicted molar refractivity (Wildman–Crippen MR) is 72.2 cm³/mol. The minimum absolute atomic E-state index is 0.234. The molecular weight excluding hydrogens is 240 g/mol. The van der Waals surface area contributed by atoms with E-state index in [1.54, 1.807) is 0 Å².